The molecule has 2 aromatic rings. The molecule has 0 aliphatic carbocycles. The largest absolute Gasteiger partial charge is 0.350 e. The molecule has 120 valence electrons. The van der Waals surface area contributed by atoms with Gasteiger partial charge in [0, 0.05) is 24.1 Å². The van der Waals surface area contributed by atoms with Gasteiger partial charge >= 0.3 is 5.82 Å². The second-order valence-corrected chi connectivity index (χ2v) is 6.31. The van der Waals surface area contributed by atoms with Gasteiger partial charge in [0.2, 0.25) is 0 Å². The predicted molar refractivity (Wildman–Crippen MR) is 89.7 cm³/mol. The van der Waals surface area contributed by atoms with Crippen LogP contribution in [0.4, 0.5) is 10.2 Å². The number of aryl methyl sites for hydroxylation is 1. The molecule has 0 bridgehead atoms. The monoisotopic (exact) mass is 313 g/mol. The smallest absolute Gasteiger partial charge is 0.306 e. The molecule has 2 heterocycles. The van der Waals surface area contributed by atoms with E-state index in [0.29, 0.717) is 5.92 Å². The molecule has 1 fully saturated rings. The quantitative estimate of drug-likeness (QED) is 0.645. The van der Waals surface area contributed by atoms with Crippen molar-refractivity contribution in [2.24, 2.45) is 5.92 Å². The van der Waals surface area contributed by atoms with Gasteiger partial charge < -0.3 is 4.90 Å². The topological polar surface area (TPSA) is 32.0 Å². The maximum atomic E-state index is 13.0. The van der Waals surface area contributed by atoms with Gasteiger partial charge in [0.25, 0.3) is 0 Å². The highest BCUT2D eigenvalue weighted by Gasteiger charge is 2.21. The van der Waals surface area contributed by atoms with Crippen LogP contribution >= 0.6 is 0 Å². The van der Waals surface area contributed by atoms with Crippen molar-refractivity contribution < 1.29 is 8.97 Å². The van der Waals surface area contributed by atoms with Crippen LogP contribution in [0.15, 0.2) is 30.3 Å². The molecule has 1 aliphatic rings. The first kappa shape index (κ1) is 15.7. The van der Waals surface area contributed by atoms with E-state index in [-0.39, 0.29) is 5.82 Å². The second-order valence-electron chi connectivity index (χ2n) is 6.31. The molecule has 0 saturated carbocycles. The molecule has 0 amide bonds. The van der Waals surface area contributed by atoms with Gasteiger partial charge in [-0.05, 0) is 61.9 Å². The van der Waals surface area contributed by atoms with Crippen molar-refractivity contribution in [1.82, 2.24) is 15.1 Å². The van der Waals surface area contributed by atoms with Crippen LogP contribution < -0.4 is 0 Å². The molecular weight excluding hydrogens is 291 g/mol. The fourth-order valence-corrected chi connectivity index (χ4v) is 3.02. The third-order valence-corrected chi connectivity index (χ3v) is 4.31. The highest BCUT2D eigenvalue weighted by molar-refractivity contribution is 5.63. The molecule has 1 aromatic carbocycles. The molecule has 1 aliphatic heterocycles. The number of benzene rings is 1. The molecule has 0 spiro atoms. The summed E-state index contributed by atoms with van der Waals surface area (Å²) in [5, 5.41) is 8.68. The Hall–Kier alpha value is -2.14. The average molecular weight is 313 g/mol. The lowest BCUT2D eigenvalue weighted by atomic mass is 10.1. The minimum absolute atomic E-state index is 0.244. The Labute approximate surface area is 136 Å². The van der Waals surface area contributed by atoms with E-state index in [1.165, 1.54) is 18.6 Å². The van der Waals surface area contributed by atoms with Crippen LogP contribution in [0.5, 0.6) is 0 Å². The first-order valence-corrected chi connectivity index (χ1v) is 7.89. The fourth-order valence-electron chi connectivity index (χ4n) is 3.02. The molecule has 1 saturated heterocycles. The third-order valence-electron chi connectivity index (χ3n) is 4.31. The van der Waals surface area contributed by atoms with Crippen LogP contribution in [-0.2, 0) is 0 Å². The van der Waals surface area contributed by atoms with Crippen LogP contribution in [0.2, 0.25) is 0 Å². The Kier molecular flexibility index (Phi) is 4.48. The Morgan fingerprint density at radius 1 is 1.26 bits per heavy atom. The molecule has 3 rings (SSSR count). The number of rotatable bonds is 3. The lowest BCUT2D eigenvalue weighted by Crippen LogP contribution is -2.17. The number of nitrogens with zero attached hydrogens (tertiary/aromatic N) is 4. The highest BCUT2D eigenvalue weighted by Crippen LogP contribution is 2.23. The minimum Gasteiger partial charge on any atom is -0.306 e. The minimum atomic E-state index is -0.244. The van der Waals surface area contributed by atoms with Crippen molar-refractivity contribution >= 4 is 12.0 Å². The molecule has 1 unspecified atom stereocenters. The van der Waals surface area contributed by atoms with Gasteiger partial charge in [-0.2, -0.15) is 0 Å². The molecular formula is C18H22FN4+. The number of halogens is 1. The SMILES string of the molecule is Cc1cc(/[N+](C)=C/C2CCN(C)C2)nnc1-c1ccc(F)cc1. The van der Waals surface area contributed by atoms with Gasteiger partial charge in [-0.1, -0.05) is 0 Å². The molecule has 4 nitrogen and oxygen atoms in total. The first-order valence-electron chi connectivity index (χ1n) is 7.89. The summed E-state index contributed by atoms with van der Waals surface area (Å²) in [4.78, 5) is 2.34. The van der Waals surface area contributed by atoms with Gasteiger partial charge in [0.15, 0.2) is 0 Å². The van der Waals surface area contributed by atoms with Crippen molar-refractivity contribution in [3.8, 4) is 11.3 Å². The zero-order chi connectivity index (χ0) is 16.4. The lowest BCUT2D eigenvalue weighted by molar-refractivity contribution is -0.407. The Balaban J connectivity index is 1.84. The molecule has 1 aromatic heterocycles. The summed E-state index contributed by atoms with van der Waals surface area (Å²) in [5.74, 6) is 1.15. The van der Waals surface area contributed by atoms with Crippen molar-refractivity contribution in [1.29, 1.82) is 0 Å². The van der Waals surface area contributed by atoms with Crippen LogP contribution in [0, 0.1) is 18.7 Å². The molecule has 0 N–H and O–H groups in total. The normalized spacial score (nSPS) is 19.3. The molecule has 0 radical (unpaired) electrons. The van der Waals surface area contributed by atoms with Gasteiger partial charge in [0.1, 0.15) is 11.5 Å². The Morgan fingerprint density at radius 2 is 2.00 bits per heavy atom. The predicted octanol–water partition coefficient (Wildman–Crippen LogP) is 2.89. The van der Waals surface area contributed by atoms with Crippen molar-refractivity contribution in [3.63, 3.8) is 0 Å². The standard InChI is InChI=1S/C18H22FN4/c1-13-10-17(23(3)12-14-8-9-22(2)11-14)20-21-18(13)15-4-6-16(19)7-5-15/h4-7,10,12,14H,8-9,11H2,1-3H3/q+1/b23-12+. The number of aromatic nitrogens is 2. The Morgan fingerprint density at radius 3 is 2.61 bits per heavy atom. The summed E-state index contributed by atoms with van der Waals surface area (Å²) in [7, 11) is 4.16. The van der Waals surface area contributed by atoms with E-state index in [1.807, 2.05) is 20.0 Å². The van der Waals surface area contributed by atoms with Crippen LogP contribution in [0.25, 0.3) is 11.3 Å². The third kappa shape index (κ3) is 3.62. The van der Waals surface area contributed by atoms with Crippen molar-refractivity contribution in [2.75, 3.05) is 27.2 Å². The summed E-state index contributed by atoms with van der Waals surface area (Å²) >= 11 is 0. The van der Waals surface area contributed by atoms with Crippen LogP contribution in [-0.4, -0.2) is 53.1 Å². The zero-order valence-corrected chi connectivity index (χ0v) is 13.8. The van der Waals surface area contributed by atoms with Crippen molar-refractivity contribution in [3.05, 3.63) is 41.7 Å². The van der Waals surface area contributed by atoms with Gasteiger partial charge in [-0.3, -0.25) is 0 Å². The summed E-state index contributed by atoms with van der Waals surface area (Å²) in [6, 6.07) is 8.38. The van der Waals surface area contributed by atoms with Gasteiger partial charge in [-0.25, -0.2) is 8.97 Å². The van der Waals surface area contributed by atoms with E-state index in [0.717, 1.165) is 35.7 Å². The summed E-state index contributed by atoms with van der Waals surface area (Å²) in [6.07, 6.45) is 3.41. The van der Waals surface area contributed by atoms with Crippen LogP contribution in [0.1, 0.15) is 12.0 Å². The maximum Gasteiger partial charge on any atom is 0.350 e. The second kappa shape index (κ2) is 6.54. The summed E-state index contributed by atoms with van der Waals surface area (Å²) in [6.45, 7) is 4.24. The lowest BCUT2D eigenvalue weighted by Gasteiger charge is -2.06. The van der Waals surface area contributed by atoms with Gasteiger partial charge in [0.05, 0.1) is 18.4 Å². The van der Waals surface area contributed by atoms with E-state index in [9.17, 15) is 4.39 Å². The van der Waals surface area contributed by atoms with E-state index in [4.69, 9.17) is 0 Å². The van der Waals surface area contributed by atoms with Crippen molar-refractivity contribution in [2.45, 2.75) is 13.3 Å². The Bertz CT molecular complexity index is 724. The van der Waals surface area contributed by atoms with Gasteiger partial charge in [-0.15, -0.1) is 0 Å². The number of likely N-dealkylation sites (tertiary alicyclic amines) is 1. The van der Waals surface area contributed by atoms with E-state index in [2.05, 4.69) is 32.9 Å². The van der Waals surface area contributed by atoms with E-state index >= 15 is 0 Å². The number of hydrogen-bond acceptors (Lipinski definition) is 3. The average Bonchev–Trinajstić information content (AvgIpc) is 2.93. The van der Waals surface area contributed by atoms with E-state index < -0.39 is 0 Å². The first-order chi connectivity index (χ1) is 11.0. The summed E-state index contributed by atoms with van der Waals surface area (Å²) in [5.41, 5.74) is 2.71. The molecule has 1 atom stereocenters. The van der Waals surface area contributed by atoms with Crippen LogP contribution in [0.3, 0.4) is 0 Å². The maximum absolute atomic E-state index is 13.0. The zero-order valence-electron chi connectivity index (χ0n) is 13.8. The fraction of sp³-hybridized carbons (Fsp3) is 0.389. The summed E-state index contributed by atoms with van der Waals surface area (Å²) < 4.78 is 15.1. The highest BCUT2D eigenvalue weighted by atomic mass is 19.1. The molecule has 23 heavy (non-hydrogen) atoms. The molecule has 5 heteroatoms. The number of hydrogen-bond donors (Lipinski definition) is 0. The van der Waals surface area contributed by atoms with E-state index in [1.54, 1.807) is 12.1 Å².